The quantitative estimate of drug-likeness (QED) is 0.797. The highest BCUT2D eigenvalue weighted by molar-refractivity contribution is 7.80. The van der Waals surface area contributed by atoms with Gasteiger partial charge in [0.1, 0.15) is 10.00 Å². The zero-order valence-corrected chi connectivity index (χ0v) is 14.1. The summed E-state index contributed by atoms with van der Waals surface area (Å²) in [6.07, 6.45) is 3.51. The van der Waals surface area contributed by atoms with Crippen LogP contribution in [0.25, 0.3) is 0 Å². The van der Waals surface area contributed by atoms with Gasteiger partial charge in [-0.2, -0.15) is 5.10 Å². The molecule has 0 saturated carbocycles. The van der Waals surface area contributed by atoms with Crippen LogP contribution in [0.15, 0.2) is 6.20 Å². The minimum atomic E-state index is 0.356. The zero-order valence-electron chi connectivity index (χ0n) is 12.4. The van der Waals surface area contributed by atoms with E-state index in [0.717, 1.165) is 34.7 Å². The number of rotatable bonds is 6. The van der Waals surface area contributed by atoms with Gasteiger partial charge in [0.2, 0.25) is 0 Å². The van der Waals surface area contributed by atoms with Crippen LogP contribution in [0.1, 0.15) is 40.6 Å². The second kappa shape index (κ2) is 6.91. The molecule has 2 rings (SSSR count). The van der Waals surface area contributed by atoms with E-state index in [0.29, 0.717) is 17.4 Å². The van der Waals surface area contributed by atoms with Gasteiger partial charge in [0, 0.05) is 11.1 Å². The predicted molar refractivity (Wildman–Crippen MR) is 90.9 cm³/mol. The number of thiazole rings is 1. The van der Waals surface area contributed by atoms with Crippen molar-refractivity contribution in [2.45, 2.75) is 40.2 Å². The first-order valence-electron chi connectivity index (χ1n) is 6.90. The summed E-state index contributed by atoms with van der Waals surface area (Å²) < 4.78 is 0. The van der Waals surface area contributed by atoms with Crippen LogP contribution < -0.4 is 11.1 Å². The molecule has 0 radical (unpaired) electrons. The molecule has 0 saturated heterocycles. The molecule has 2 heterocycles. The third kappa shape index (κ3) is 3.54. The van der Waals surface area contributed by atoms with Crippen LogP contribution in [-0.4, -0.2) is 20.2 Å². The van der Waals surface area contributed by atoms with Gasteiger partial charge in [-0.25, -0.2) is 4.98 Å². The van der Waals surface area contributed by atoms with Crippen LogP contribution in [0.2, 0.25) is 0 Å². The van der Waals surface area contributed by atoms with Crippen LogP contribution in [-0.2, 0) is 19.4 Å². The summed E-state index contributed by atoms with van der Waals surface area (Å²) >= 11 is 6.86. The number of aryl methyl sites for hydroxylation is 2. The van der Waals surface area contributed by atoms with E-state index in [-0.39, 0.29) is 0 Å². The fourth-order valence-corrected chi connectivity index (χ4v) is 3.15. The molecule has 0 bridgehead atoms. The Balaban J connectivity index is 2.32. The Morgan fingerprint density at radius 2 is 2.10 bits per heavy atom. The Morgan fingerprint density at radius 1 is 1.33 bits per heavy atom. The second-order valence-electron chi connectivity index (χ2n) is 4.64. The summed E-state index contributed by atoms with van der Waals surface area (Å²) in [6.45, 7) is 6.76. The normalized spacial score (nSPS) is 10.6. The third-order valence-electron chi connectivity index (χ3n) is 3.17. The van der Waals surface area contributed by atoms with Crippen molar-refractivity contribution in [3.05, 3.63) is 32.9 Å². The average molecular weight is 321 g/mol. The van der Waals surface area contributed by atoms with Gasteiger partial charge >= 0.3 is 0 Å². The smallest absolute Gasteiger partial charge is 0.159 e. The van der Waals surface area contributed by atoms with Gasteiger partial charge in [0.15, 0.2) is 5.82 Å². The maximum atomic E-state index is 5.90. The lowest BCUT2D eigenvalue weighted by atomic mass is 10.0. The van der Waals surface area contributed by atoms with Gasteiger partial charge in [-0.3, -0.25) is 0 Å². The number of aromatic nitrogens is 3. The summed E-state index contributed by atoms with van der Waals surface area (Å²) in [6, 6.07) is 0. The molecule has 112 valence electrons. The van der Waals surface area contributed by atoms with E-state index < -0.39 is 0 Å². The van der Waals surface area contributed by atoms with Crippen LogP contribution in [0, 0.1) is 6.92 Å². The second-order valence-corrected chi connectivity index (χ2v) is 6.40. The number of nitrogens with one attached hydrogen (secondary N) is 1. The van der Waals surface area contributed by atoms with Crippen molar-refractivity contribution >= 4 is 34.4 Å². The van der Waals surface area contributed by atoms with Crippen LogP contribution in [0.3, 0.4) is 0 Å². The van der Waals surface area contributed by atoms with E-state index in [1.54, 1.807) is 11.3 Å². The first kappa shape index (κ1) is 15.8. The van der Waals surface area contributed by atoms with E-state index in [9.17, 15) is 0 Å². The lowest BCUT2D eigenvalue weighted by Gasteiger charge is -2.15. The van der Waals surface area contributed by atoms with Gasteiger partial charge in [0.25, 0.3) is 0 Å². The largest absolute Gasteiger partial charge is 0.389 e. The van der Waals surface area contributed by atoms with Gasteiger partial charge in [-0.05, 0) is 25.3 Å². The van der Waals surface area contributed by atoms with Gasteiger partial charge in [-0.15, -0.1) is 16.4 Å². The lowest BCUT2D eigenvalue weighted by Crippen LogP contribution is -2.19. The van der Waals surface area contributed by atoms with Crippen molar-refractivity contribution in [1.29, 1.82) is 0 Å². The van der Waals surface area contributed by atoms with E-state index in [1.807, 2.05) is 13.1 Å². The standard InChI is InChI=1S/C14H19N5S2/c1-4-9-10(5-2)18-19-14(12(9)13(15)20)17-7-11-16-6-8(3)21-11/h6H,4-5,7H2,1-3H3,(H2,15,20)(H,17,19). The molecule has 2 aromatic heterocycles. The number of hydrogen-bond acceptors (Lipinski definition) is 6. The summed E-state index contributed by atoms with van der Waals surface area (Å²) in [5, 5.41) is 12.8. The lowest BCUT2D eigenvalue weighted by molar-refractivity contribution is 0.870. The molecular weight excluding hydrogens is 302 g/mol. The zero-order chi connectivity index (χ0) is 15.4. The molecule has 0 aliphatic heterocycles. The van der Waals surface area contributed by atoms with Gasteiger partial charge < -0.3 is 11.1 Å². The van der Waals surface area contributed by atoms with E-state index in [4.69, 9.17) is 18.0 Å². The number of hydrogen-bond donors (Lipinski definition) is 2. The van der Waals surface area contributed by atoms with Crippen molar-refractivity contribution in [3.8, 4) is 0 Å². The highest BCUT2D eigenvalue weighted by Crippen LogP contribution is 2.22. The van der Waals surface area contributed by atoms with Gasteiger partial charge in [-0.1, -0.05) is 26.1 Å². The first-order valence-corrected chi connectivity index (χ1v) is 8.12. The van der Waals surface area contributed by atoms with Crippen LogP contribution in [0.5, 0.6) is 0 Å². The number of anilines is 1. The Morgan fingerprint density at radius 3 is 2.62 bits per heavy atom. The monoisotopic (exact) mass is 321 g/mol. The topological polar surface area (TPSA) is 76.7 Å². The summed E-state index contributed by atoms with van der Waals surface area (Å²) in [7, 11) is 0. The van der Waals surface area contributed by atoms with E-state index in [1.165, 1.54) is 4.88 Å². The minimum Gasteiger partial charge on any atom is -0.389 e. The van der Waals surface area contributed by atoms with Crippen molar-refractivity contribution in [1.82, 2.24) is 15.2 Å². The molecule has 0 amide bonds. The van der Waals surface area contributed by atoms with Crippen molar-refractivity contribution in [3.63, 3.8) is 0 Å². The van der Waals surface area contributed by atoms with Crippen LogP contribution in [0.4, 0.5) is 5.82 Å². The highest BCUT2D eigenvalue weighted by atomic mass is 32.1. The van der Waals surface area contributed by atoms with E-state index >= 15 is 0 Å². The third-order valence-corrected chi connectivity index (χ3v) is 4.29. The molecule has 7 heteroatoms. The molecular formula is C14H19N5S2. The minimum absolute atomic E-state index is 0.356. The number of nitrogens with zero attached hydrogens (tertiary/aromatic N) is 3. The molecule has 3 N–H and O–H groups in total. The maximum absolute atomic E-state index is 5.90. The molecule has 0 aromatic carbocycles. The Kier molecular flexibility index (Phi) is 5.19. The number of thiocarbonyl (C=S) groups is 1. The fraction of sp³-hybridized carbons (Fsp3) is 0.429. The maximum Gasteiger partial charge on any atom is 0.159 e. The molecule has 5 nitrogen and oxygen atoms in total. The summed E-state index contributed by atoms with van der Waals surface area (Å²) in [4.78, 5) is 5.86. The van der Waals surface area contributed by atoms with Crippen molar-refractivity contribution in [2.75, 3.05) is 5.32 Å². The summed E-state index contributed by atoms with van der Waals surface area (Å²) in [5.41, 5.74) is 8.75. The molecule has 0 unspecified atom stereocenters. The molecule has 0 aliphatic carbocycles. The van der Waals surface area contributed by atoms with E-state index in [2.05, 4.69) is 34.3 Å². The Labute approximate surface area is 134 Å². The molecule has 0 fully saturated rings. The van der Waals surface area contributed by atoms with Crippen molar-refractivity contribution in [2.24, 2.45) is 5.73 Å². The summed E-state index contributed by atoms with van der Waals surface area (Å²) in [5.74, 6) is 0.643. The predicted octanol–water partition coefficient (Wildman–Crippen LogP) is 2.61. The molecule has 0 aliphatic rings. The molecule has 0 spiro atoms. The van der Waals surface area contributed by atoms with Crippen LogP contribution >= 0.6 is 23.6 Å². The molecule has 2 aromatic rings. The van der Waals surface area contributed by atoms with Crippen molar-refractivity contribution < 1.29 is 0 Å². The molecule has 0 atom stereocenters. The SMILES string of the molecule is CCc1nnc(NCc2ncc(C)s2)c(C(N)=S)c1CC. The van der Waals surface area contributed by atoms with Gasteiger partial charge in [0.05, 0.1) is 17.8 Å². The Bertz CT molecular complexity index is 651. The first-order chi connectivity index (χ1) is 10.1. The average Bonchev–Trinajstić information content (AvgIpc) is 2.89. The molecule has 21 heavy (non-hydrogen) atoms. The number of nitrogens with two attached hydrogens (primary N) is 1. The fourth-order valence-electron chi connectivity index (χ4n) is 2.20. The highest BCUT2D eigenvalue weighted by Gasteiger charge is 2.16. The Hall–Kier alpha value is -1.60.